The normalized spacial score (nSPS) is 11.6. The summed E-state index contributed by atoms with van der Waals surface area (Å²) < 4.78 is 70.8. The van der Waals surface area contributed by atoms with E-state index in [4.69, 9.17) is 4.74 Å². The number of aromatic nitrogens is 3. The number of hydrogen-bond donors (Lipinski definition) is 2. The van der Waals surface area contributed by atoms with E-state index in [9.17, 15) is 22.0 Å². The van der Waals surface area contributed by atoms with Gasteiger partial charge in [-0.1, -0.05) is 0 Å². The van der Waals surface area contributed by atoms with Gasteiger partial charge in [-0.25, -0.2) is 18.7 Å². The lowest BCUT2D eigenvalue weighted by atomic mass is 10.2. The lowest BCUT2D eigenvalue weighted by Gasteiger charge is -2.12. The van der Waals surface area contributed by atoms with Crippen LogP contribution in [-0.2, 0) is 6.18 Å². The molecule has 2 heterocycles. The van der Waals surface area contributed by atoms with Crippen molar-refractivity contribution in [1.82, 2.24) is 15.0 Å². The molecule has 0 amide bonds. The molecule has 2 aromatic carbocycles. The maximum atomic E-state index is 13.3. The van der Waals surface area contributed by atoms with Gasteiger partial charge in [0.2, 0.25) is 11.8 Å². The van der Waals surface area contributed by atoms with Gasteiger partial charge in [0.05, 0.1) is 11.0 Å². The van der Waals surface area contributed by atoms with Crippen molar-refractivity contribution in [2.45, 2.75) is 6.18 Å². The summed E-state index contributed by atoms with van der Waals surface area (Å²) in [7, 11) is 0. The highest BCUT2D eigenvalue weighted by atomic mass is 19.4. The van der Waals surface area contributed by atoms with Gasteiger partial charge < -0.3 is 15.0 Å². The van der Waals surface area contributed by atoms with Crippen LogP contribution >= 0.6 is 0 Å². The predicted molar refractivity (Wildman–Crippen MR) is 95.0 cm³/mol. The molecule has 0 radical (unpaired) electrons. The van der Waals surface area contributed by atoms with Gasteiger partial charge in [-0.2, -0.15) is 13.2 Å². The summed E-state index contributed by atoms with van der Waals surface area (Å²) >= 11 is 0. The van der Waals surface area contributed by atoms with Crippen molar-refractivity contribution >= 4 is 22.7 Å². The van der Waals surface area contributed by atoms with Crippen LogP contribution in [0.15, 0.2) is 54.7 Å². The van der Waals surface area contributed by atoms with Crippen molar-refractivity contribution in [1.29, 1.82) is 0 Å². The largest absolute Gasteiger partial charge is 0.438 e. The Labute approximate surface area is 160 Å². The van der Waals surface area contributed by atoms with Crippen molar-refractivity contribution in [3.63, 3.8) is 0 Å². The number of nitrogens with zero attached hydrogens (tertiary/aromatic N) is 2. The molecule has 29 heavy (non-hydrogen) atoms. The lowest BCUT2D eigenvalue weighted by Crippen LogP contribution is -2.08. The zero-order chi connectivity index (χ0) is 20.6. The number of fused-ring (bicyclic) bond motifs is 1. The molecule has 0 unspecified atom stereocenters. The third-order valence-electron chi connectivity index (χ3n) is 3.93. The van der Waals surface area contributed by atoms with E-state index in [0.717, 1.165) is 18.2 Å². The van der Waals surface area contributed by atoms with Crippen LogP contribution in [0.1, 0.15) is 5.56 Å². The molecule has 2 aromatic heterocycles. The van der Waals surface area contributed by atoms with Crippen molar-refractivity contribution in [3.8, 4) is 11.6 Å². The zero-order valence-electron chi connectivity index (χ0n) is 14.4. The minimum absolute atomic E-state index is 0.147. The first-order valence-electron chi connectivity index (χ1n) is 8.21. The van der Waals surface area contributed by atoms with Crippen molar-refractivity contribution in [2.24, 2.45) is 0 Å². The molecule has 4 aromatic rings. The second-order valence-corrected chi connectivity index (χ2v) is 5.97. The first kappa shape index (κ1) is 18.7. The van der Waals surface area contributed by atoms with Gasteiger partial charge in [-0.3, -0.25) is 0 Å². The lowest BCUT2D eigenvalue weighted by molar-refractivity contribution is -0.138. The summed E-state index contributed by atoms with van der Waals surface area (Å²) in [6.45, 7) is 0. The molecule has 4 rings (SSSR count). The summed E-state index contributed by atoms with van der Waals surface area (Å²) in [6, 6.07) is 9.98. The molecule has 10 heteroatoms. The van der Waals surface area contributed by atoms with Gasteiger partial charge in [-0.05, 0) is 36.4 Å². The zero-order valence-corrected chi connectivity index (χ0v) is 14.4. The Balaban J connectivity index is 1.52. The first-order valence-corrected chi connectivity index (χ1v) is 8.21. The van der Waals surface area contributed by atoms with Crippen LogP contribution in [0, 0.1) is 11.6 Å². The first-order chi connectivity index (χ1) is 13.8. The second kappa shape index (κ2) is 7.04. The molecule has 5 nitrogen and oxygen atoms in total. The van der Waals surface area contributed by atoms with Gasteiger partial charge in [-0.15, -0.1) is 0 Å². The number of rotatable bonds is 4. The molecule has 0 bridgehead atoms. The number of ether oxygens (including phenoxy) is 1. The number of imidazole rings is 1. The molecule has 0 aliphatic heterocycles. The average molecular weight is 406 g/mol. The Morgan fingerprint density at radius 2 is 1.69 bits per heavy atom. The van der Waals surface area contributed by atoms with Gasteiger partial charge in [0, 0.05) is 24.0 Å². The Hall–Kier alpha value is -3.69. The Kier molecular flexibility index (Phi) is 4.53. The van der Waals surface area contributed by atoms with E-state index in [-0.39, 0.29) is 17.2 Å². The summed E-state index contributed by atoms with van der Waals surface area (Å²) in [4.78, 5) is 10.5. The SMILES string of the molecule is Fc1cc2nc(Nc3ccc(Oc4ncccc4C(F)(F)F)cc3)[nH]c2cc1F. The molecule has 0 spiro atoms. The van der Waals surface area contributed by atoms with Crippen LogP contribution in [0.3, 0.4) is 0 Å². The quantitative estimate of drug-likeness (QED) is 0.421. The average Bonchev–Trinajstić information content (AvgIpc) is 3.04. The molecule has 2 N–H and O–H groups in total. The molecule has 148 valence electrons. The van der Waals surface area contributed by atoms with E-state index in [1.54, 1.807) is 12.1 Å². The fourth-order valence-electron chi connectivity index (χ4n) is 2.61. The van der Waals surface area contributed by atoms with Crippen LogP contribution in [0.2, 0.25) is 0 Å². The molecule has 0 aliphatic rings. The standard InChI is InChI=1S/C19H11F5N4O/c20-13-8-15-16(9-14(13)21)28-18(27-15)26-10-3-5-11(6-4-10)29-17-12(19(22,23)24)2-1-7-25-17/h1-9H,(H2,26,27,28). The van der Waals surface area contributed by atoms with Crippen LogP contribution in [0.5, 0.6) is 11.6 Å². The van der Waals surface area contributed by atoms with E-state index in [2.05, 4.69) is 20.3 Å². The van der Waals surface area contributed by atoms with Gasteiger partial charge in [0.25, 0.3) is 0 Å². The number of nitrogens with one attached hydrogen (secondary N) is 2. The number of alkyl halides is 3. The number of hydrogen-bond acceptors (Lipinski definition) is 4. The smallest absolute Gasteiger partial charge is 0.421 e. The number of aromatic amines is 1. The fraction of sp³-hybridized carbons (Fsp3) is 0.0526. The van der Waals surface area contributed by atoms with Crippen molar-refractivity contribution < 1.29 is 26.7 Å². The van der Waals surface area contributed by atoms with Gasteiger partial charge in [0.15, 0.2) is 11.6 Å². The van der Waals surface area contributed by atoms with Crippen LogP contribution in [0.4, 0.5) is 33.6 Å². The Morgan fingerprint density at radius 1 is 0.966 bits per heavy atom. The van der Waals surface area contributed by atoms with Crippen LogP contribution in [0.25, 0.3) is 11.0 Å². The number of anilines is 2. The van der Waals surface area contributed by atoms with E-state index >= 15 is 0 Å². The maximum Gasteiger partial charge on any atom is 0.421 e. The molecular formula is C19H11F5N4O. The summed E-state index contributed by atoms with van der Waals surface area (Å²) in [6.07, 6.45) is -3.39. The molecule has 0 saturated heterocycles. The highest BCUT2D eigenvalue weighted by molar-refractivity contribution is 5.78. The molecule has 0 fully saturated rings. The second-order valence-electron chi connectivity index (χ2n) is 5.97. The van der Waals surface area contributed by atoms with E-state index in [1.807, 2.05) is 0 Å². The molecule has 0 atom stereocenters. The minimum Gasteiger partial charge on any atom is -0.438 e. The fourth-order valence-corrected chi connectivity index (χ4v) is 2.61. The van der Waals surface area contributed by atoms with Gasteiger partial charge >= 0.3 is 6.18 Å². The number of pyridine rings is 1. The number of halogens is 5. The van der Waals surface area contributed by atoms with Crippen molar-refractivity contribution in [2.75, 3.05) is 5.32 Å². The highest BCUT2D eigenvalue weighted by Crippen LogP contribution is 2.36. The predicted octanol–water partition coefficient (Wildman–Crippen LogP) is 5.79. The van der Waals surface area contributed by atoms with E-state index < -0.39 is 29.3 Å². The third-order valence-corrected chi connectivity index (χ3v) is 3.93. The number of H-pyrrole nitrogens is 1. The molecular weight excluding hydrogens is 395 g/mol. The maximum absolute atomic E-state index is 13.3. The molecule has 0 aliphatic carbocycles. The van der Waals surface area contributed by atoms with Crippen molar-refractivity contribution in [3.05, 3.63) is 71.9 Å². The summed E-state index contributed by atoms with van der Waals surface area (Å²) in [5.74, 6) is -2.18. The Morgan fingerprint density at radius 3 is 2.41 bits per heavy atom. The third kappa shape index (κ3) is 3.96. The number of benzene rings is 2. The monoisotopic (exact) mass is 406 g/mol. The molecule has 0 saturated carbocycles. The van der Waals surface area contributed by atoms with E-state index in [1.165, 1.54) is 24.4 Å². The van der Waals surface area contributed by atoms with Gasteiger partial charge in [0.1, 0.15) is 11.3 Å². The van der Waals surface area contributed by atoms with Crippen LogP contribution in [-0.4, -0.2) is 15.0 Å². The Bertz CT molecular complexity index is 1130. The topological polar surface area (TPSA) is 62.8 Å². The highest BCUT2D eigenvalue weighted by Gasteiger charge is 2.35. The summed E-state index contributed by atoms with van der Waals surface area (Å²) in [5, 5.41) is 2.90. The van der Waals surface area contributed by atoms with Crippen LogP contribution < -0.4 is 10.1 Å². The minimum atomic E-state index is -4.59. The summed E-state index contributed by atoms with van der Waals surface area (Å²) in [5.41, 5.74) is 0.0840. The van der Waals surface area contributed by atoms with E-state index in [0.29, 0.717) is 11.2 Å².